The van der Waals surface area contributed by atoms with Gasteiger partial charge in [-0.1, -0.05) is 45.0 Å². The van der Waals surface area contributed by atoms with E-state index >= 15 is 0 Å². The van der Waals surface area contributed by atoms with Crippen molar-refractivity contribution in [1.82, 2.24) is 0 Å². The fraction of sp³-hybridized carbons (Fsp3) is 0.357. The van der Waals surface area contributed by atoms with Crippen molar-refractivity contribution >= 4 is 12.4 Å². The number of aryl methyl sites for hydroxylation is 1. The third-order valence-corrected chi connectivity index (χ3v) is 2.52. The second-order valence-electron chi connectivity index (χ2n) is 4.01. The predicted molar refractivity (Wildman–Crippen MR) is 64.7 cm³/mol. The maximum Gasteiger partial charge on any atom is 0.146 e. The number of carbonyl (C=O) groups is 1. The molecule has 1 aromatic rings. The lowest BCUT2D eigenvalue weighted by Gasteiger charge is -2.04. The molecule has 0 saturated carbocycles. The van der Waals surface area contributed by atoms with Crippen LogP contribution in [0.2, 0.25) is 0 Å². The molecule has 0 radical (unpaired) electrons. The van der Waals surface area contributed by atoms with Crippen molar-refractivity contribution in [3.63, 3.8) is 0 Å². The molecule has 0 spiro atoms. The van der Waals surface area contributed by atoms with Gasteiger partial charge in [0.15, 0.2) is 0 Å². The van der Waals surface area contributed by atoms with Gasteiger partial charge in [0.1, 0.15) is 6.29 Å². The van der Waals surface area contributed by atoms with Crippen LogP contribution < -0.4 is 0 Å². The molecular formula is C14H18O. The summed E-state index contributed by atoms with van der Waals surface area (Å²) in [6, 6.07) is 8.33. The molecule has 1 heteroatoms. The molecule has 0 atom stereocenters. The molecule has 0 saturated heterocycles. The molecule has 1 rings (SSSR count). The van der Waals surface area contributed by atoms with Crippen LogP contribution in [-0.2, 0) is 11.2 Å². The van der Waals surface area contributed by atoms with Crippen molar-refractivity contribution in [1.29, 1.82) is 0 Å². The van der Waals surface area contributed by atoms with E-state index in [2.05, 4.69) is 31.2 Å². The van der Waals surface area contributed by atoms with E-state index in [-0.39, 0.29) is 5.92 Å². The van der Waals surface area contributed by atoms with Crippen LogP contribution in [0.1, 0.15) is 31.9 Å². The molecule has 0 aliphatic heterocycles. The van der Waals surface area contributed by atoms with Crippen LogP contribution in [0.25, 0.3) is 6.08 Å². The highest BCUT2D eigenvalue weighted by Crippen LogP contribution is 2.13. The standard InChI is InChI=1S/C14H18O/c1-4-12-5-7-13(8-6-12)9-14(10-15)11(2)3/h5-11H,4H2,1-3H3. The summed E-state index contributed by atoms with van der Waals surface area (Å²) in [6.07, 6.45) is 3.95. The van der Waals surface area contributed by atoms with Gasteiger partial charge in [0.05, 0.1) is 0 Å². The molecular weight excluding hydrogens is 184 g/mol. The maximum atomic E-state index is 10.8. The average Bonchev–Trinajstić information content (AvgIpc) is 2.26. The van der Waals surface area contributed by atoms with Crippen LogP contribution in [-0.4, -0.2) is 6.29 Å². The van der Waals surface area contributed by atoms with Gasteiger partial charge in [0.2, 0.25) is 0 Å². The van der Waals surface area contributed by atoms with Gasteiger partial charge in [-0.3, -0.25) is 4.79 Å². The highest BCUT2D eigenvalue weighted by atomic mass is 16.1. The minimum atomic E-state index is 0.286. The Morgan fingerprint density at radius 3 is 2.27 bits per heavy atom. The Hall–Kier alpha value is -1.37. The van der Waals surface area contributed by atoms with Crippen molar-refractivity contribution in [2.75, 3.05) is 0 Å². The number of hydrogen-bond donors (Lipinski definition) is 0. The minimum Gasteiger partial charge on any atom is -0.298 e. The summed E-state index contributed by atoms with van der Waals surface area (Å²) in [5, 5.41) is 0. The summed E-state index contributed by atoms with van der Waals surface area (Å²) in [5.41, 5.74) is 3.27. The van der Waals surface area contributed by atoms with Crippen molar-refractivity contribution in [2.24, 2.45) is 5.92 Å². The van der Waals surface area contributed by atoms with Gasteiger partial charge in [-0.05, 0) is 35.1 Å². The fourth-order valence-corrected chi connectivity index (χ4v) is 1.38. The van der Waals surface area contributed by atoms with Gasteiger partial charge in [-0.25, -0.2) is 0 Å². The summed E-state index contributed by atoms with van der Waals surface area (Å²) < 4.78 is 0. The lowest BCUT2D eigenvalue weighted by atomic mass is 10.0. The van der Waals surface area contributed by atoms with E-state index in [9.17, 15) is 4.79 Å². The molecule has 0 N–H and O–H groups in total. The number of rotatable bonds is 4. The first-order valence-electron chi connectivity index (χ1n) is 5.43. The van der Waals surface area contributed by atoms with Crippen molar-refractivity contribution in [2.45, 2.75) is 27.2 Å². The fourth-order valence-electron chi connectivity index (χ4n) is 1.38. The largest absolute Gasteiger partial charge is 0.298 e. The number of hydrogen-bond acceptors (Lipinski definition) is 1. The quantitative estimate of drug-likeness (QED) is 0.539. The van der Waals surface area contributed by atoms with Gasteiger partial charge in [-0.2, -0.15) is 0 Å². The lowest BCUT2D eigenvalue weighted by molar-refractivity contribution is -0.105. The third-order valence-electron chi connectivity index (χ3n) is 2.52. The summed E-state index contributed by atoms with van der Waals surface area (Å²) in [7, 11) is 0. The second kappa shape index (κ2) is 5.50. The second-order valence-corrected chi connectivity index (χ2v) is 4.01. The molecule has 0 bridgehead atoms. The zero-order valence-electron chi connectivity index (χ0n) is 9.66. The summed E-state index contributed by atoms with van der Waals surface area (Å²) >= 11 is 0. The van der Waals surface area contributed by atoms with Crippen molar-refractivity contribution in [3.05, 3.63) is 41.0 Å². The zero-order chi connectivity index (χ0) is 11.3. The summed E-state index contributed by atoms with van der Waals surface area (Å²) in [4.78, 5) is 10.8. The molecule has 80 valence electrons. The zero-order valence-corrected chi connectivity index (χ0v) is 9.66. The van der Waals surface area contributed by atoms with E-state index in [1.54, 1.807) is 0 Å². The normalized spacial score (nSPS) is 11.9. The van der Waals surface area contributed by atoms with Crippen LogP contribution in [0.3, 0.4) is 0 Å². The number of allylic oxidation sites excluding steroid dienone is 1. The summed E-state index contributed by atoms with van der Waals surface area (Å²) in [5.74, 6) is 0.286. The smallest absolute Gasteiger partial charge is 0.146 e. The Kier molecular flexibility index (Phi) is 4.29. The molecule has 0 heterocycles. The van der Waals surface area contributed by atoms with Gasteiger partial charge < -0.3 is 0 Å². The molecule has 0 unspecified atom stereocenters. The van der Waals surface area contributed by atoms with Crippen LogP contribution in [0, 0.1) is 5.92 Å². The number of carbonyl (C=O) groups excluding carboxylic acids is 1. The Balaban J connectivity index is 2.91. The lowest BCUT2D eigenvalue weighted by Crippen LogP contribution is -1.94. The van der Waals surface area contributed by atoms with Crippen LogP contribution in [0.15, 0.2) is 29.8 Å². The Morgan fingerprint density at radius 2 is 1.87 bits per heavy atom. The molecule has 0 aromatic heterocycles. The molecule has 0 amide bonds. The molecule has 0 fully saturated rings. The SMILES string of the molecule is CCc1ccc(C=C(C=O)C(C)C)cc1. The number of benzene rings is 1. The van der Waals surface area contributed by atoms with Crippen LogP contribution in [0.5, 0.6) is 0 Å². The Labute approximate surface area is 91.8 Å². The first-order chi connectivity index (χ1) is 7.17. The van der Waals surface area contributed by atoms with Gasteiger partial charge in [0, 0.05) is 0 Å². The Morgan fingerprint density at radius 1 is 1.27 bits per heavy atom. The van der Waals surface area contributed by atoms with Crippen LogP contribution in [0.4, 0.5) is 0 Å². The van der Waals surface area contributed by atoms with E-state index in [0.29, 0.717) is 0 Å². The average molecular weight is 202 g/mol. The van der Waals surface area contributed by atoms with Crippen molar-refractivity contribution < 1.29 is 4.79 Å². The molecule has 0 aliphatic rings. The molecule has 15 heavy (non-hydrogen) atoms. The molecule has 1 aromatic carbocycles. The predicted octanol–water partition coefficient (Wildman–Crippen LogP) is 3.49. The van der Waals surface area contributed by atoms with E-state index in [1.807, 2.05) is 19.9 Å². The monoisotopic (exact) mass is 202 g/mol. The Bertz CT molecular complexity index is 344. The molecule has 1 nitrogen and oxygen atoms in total. The summed E-state index contributed by atoms with van der Waals surface area (Å²) in [6.45, 7) is 6.19. The molecule has 0 aliphatic carbocycles. The van der Waals surface area contributed by atoms with Crippen molar-refractivity contribution in [3.8, 4) is 0 Å². The highest BCUT2D eigenvalue weighted by Gasteiger charge is 2.01. The van der Waals surface area contributed by atoms with Gasteiger partial charge in [-0.15, -0.1) is 0 Å². The topological polar surface area (TPSA) is 17.1 Å². The van der Waals surface area contributed by atoms with Gasteiger partial charge in [0.25, 0.3) is 0 Å². The van der Waals surface area contributed by atoms with E-state index in [4.69, 9.17) is 0 Å². The maximum absolute atomic E-state index is 10.8. The first kappa shape index (κ1) is 11.7. The minimum absolute atomic E-state index is 0.286. The number of aldehydes is 1. The van der Waals surface area contributed by atoms with Gasteiger partial charge >= 0.3 is 0 Å². The van der Waals surface area contributed by atoms with E-state index < -0.39 is 0 Å². The highest BCUT2D eigenvalue weighted by molar-refractivity contribution is 5.82. The van der Waals surface area contributed by atoms with Crippen LogP contribution >= 0.6 is 0 Å². The first-order valence-corrected chi connectivity index (χ1v) is 5.43. The van der Waals surface area contributed by atoms with E-state index in [1.165, 1.54) is 5.56 Å². The third kappa shape index (κ3) is 3.35. The van der Waals surface area contributed by atoms with E-state index in [0.717, 1.165) is 23.8 Å².